The van der Waals surface area contributed by atoms with Gasteiger partial charge in [0.2, 0.25) is 0 Å². The van der Waals surface area contributed by atoms with E-state index in [1.54, 1.807) is 12.1 Å². The molecule has 1 atom stereocenters. The molecule has 0 N–H and O–H groups in total. The number of hydrogen-bond donors (Lipinski definition) is 0. The van der Waals surface area contributed by atoms with Gasteiger partial charge in [0.15, 0.2) is 5.76 Å². The summed E-state index contributed by atoms with van der Waals surface area (Å²) in [6.07, 6.45) is 3.74. The second kappa shape index (κ2) is 9.82. The van der Waals surface area contributed by atoms with Crippen molar-refractivity contribution in [1.29, 1.82) is 0 Å². The Morgan fingerprint density at radius 1 is 1.07 bits per heavy atom. The third-order valence-electron chi connectivity index (χ3n) is 4.41. The second-order valence-corrected chi connectivity index (χ2v) is 6.47. The second-order valence-electron chi connectivity index (χ2n) is 6.47. The highest BCUT2D eigenvalue weighted by Crippen LogP contribution is 2.22. The van der Waals surface area contributed by atoms with Crippen LogP contribution in [0, 0.1) is 0 Å². The van der Waals surface area contributed by atoms with Gasteiger partial charge in [-0.3, -0.25) is 4.79 Å². The van der Waals surface area contributed by atoms with Gasteiger partial charge in [0.1, 0.15) is 30.8 Å². The zero-order valence-electron chi connectivity index (χ0n) is 16.0. The lowest BCUT2D eigenvalue weighted by Crippen LogP contribution is -2.41. The molecule has 28 heavy (non-hydrogen) atoms. The van der Waals surface area contributed by atoms with Gasteiger partial charge in [-0.05, 0) is 55.7 Å². The largest absolute Gasteiger partial charge is 0.494 e. The predicted octanol–water partition coefficient (Wildman–Crippen LogP) is 3.30. The first-order valence-corrected chi connectivity index (χ1v) is 9.56. The van der Waals surface area contributed by atoms with Gasteiger partial charge in [-0.2, -0.15) is 0 Å². The first kappa shape index (κ1) is 19.8. The van der Waals surface area contributed by atoms with E-state index in [2.05, 4.69) is 6.92 Å². The maximum atomic E-state index is 12.4. The van der Waals surface area contributed by atoms with E-state index in [9.17, 15) is 9.59 Å². The summed E-state index contributed by atoms with van der Waals surface area (Å²) in [6.45, 7) is 3.60. The molecule has 1 aliphatic heterocycles. The zero-order valence-corrected chi connectivity index (χ0v) is 16.0. The number of carbonyl (C=O) groups is 2. The van der Waals surface area contributed by atoms with Crippen LogP contribution < -0.4 is 9.47 Å². The molecule has 1 amide bonds. The molecule has 0 saturated carbocycles. The fraction of sp³-hybridized carbons (Fsp3) is 0.429. The van der Waals surface area contributed by atoms with E-state index < -0.39 is 12.0 Å². The molecular formula is C21H25NO6. The Kier molecular flexibility index (Phi) is 6.94. The van der Waals surface area contributed by atoms with Gasteiger partial charge in [0.25, 0.3) is 5.91 Å². The van der Waals surface area contributed by atoms with E-state index in [4.69, 9.17) is 18.6 Å². The van der Waals surface area contributed by atoms with Crippen LogP contribution in [0.4, 0.5) is 0 Å². The van der Waals surface area contributed by atoms with Crippen molar-refractivity contribution in [2.75, 3.05) is 26.4 Å². The smallest absolute Gasteiger partial charge is 0.328 e. The van der Waals surface area contributed by atoms with Crippen LogP contribution in [0.15, 0.2) is 47.1 Å². The van der Waals surface area contributed by atoms with Crippen molar-refractivity contribution >= 4 is 11.9 Å². The van der Waals surface area contributed by atoms with Gasteiger partial charge in [-0.25, -0.2) is 4.79 Å². The van der Waals surface area contributed by atoms with E-state index in [-0.39, 0.29) is 24.9 Å². The van der Waals surface area contributed by atoms with Crippen LogP contribution in [-0.2, 0) is 9.53 Å². The molecule has 3 rings (SSSR count). The molecule has 1 aliphatic rings. The van der Waals surface area contributed by atoms with Gasteiger partial charge in [-0.1, -0.05) is 6.92 Å². The van der Waals surface area contributed by atoms with Crippen LogP contribution in [-0.4, -0.2) is 49.2 Å². The molecule has 7 heteroatoms. The number of benzene rings is 1. The summed E-state index contributed by atoms with van der Waals surface area (Å²) in [5.41, 5.74) is 0. The van der Waals surface area contributed by atoms with Crippen LogP contribution in [0.2, 0.25) is 0 Å². The van der Waals surface area contributed by atoms with Crippen LogP contribution in [0.3, 0.4) is 0 Å². The Morgan fingerprint density at radius 3 is 2.43 bits per heavy atom. The van der Waals surface area contributed by atoms with Gasteiger partial charge < -0.3 is 23.5 Å². The fourth-order valence-electron chi connectivity index (χ4n) is 3.05. The summed E-state index contributed by atoms with van der Waals surface area (Å²) in [7, 11) is 0. The van der Waals surface area contributed by atoms with Crippen LogP contribution in [0.1, 0.15) is 36.7 Å². The fourth-order valence-corrected chi connectivity index (χ4v) is 3.05. The molecule has 1 saturated heterocycles. The summed E-state index contributed by atoms with van der Waals surface area (Å²) in [4.78, 5) is 26.3. The van der Waals surface area contributed by atoms with E-state index in [0.29, 0.717) is 25.3 Å². The number of rotatable bonds is 9. The van der Waals surface area contributed by atoms with Gasteiger partial charge >= 0.3 is 5.97 Å². The first-order valence-electron chi connectivity index (χ1n) is 9.56. The van der Waals surface area contributed by atoms with Crippen molar-refractivity contribution in [3.8, 4) is 11.5 Å². The third-order valence-corrected chi connectivity index (χ3v) is 4.41. The number of carbonyl (C=O) groups excluding carboxylic acids is 2. The minimum atomic E-state index is -0.576. The minimum Gasteiger partial charge on any atom is -0.494 e. The van der Waals surface area contributed by atoms with E-state index in [0.717, 1.165) is 18.6 Å². The Hall–Kier alpha value is -2.96. The Bertz CT molecular complexity index is 756. The lowest BCUT2D eigenvalue weighted by Gasteiger charge is -2.22. The van der Waals surface area contributed by atoms with Gasteiger partial charge in [0, 0.05) is 6.54 Å². The van der Waals surface area contributed by atoms with Crippen LogP contribution in [0.25, 0.3) is 0 Å². The van der Waals surface area contributed by atoms with Crippen molar-refractivity contribution in [3.05, 3.63) is 48.4 Å². The Labute approximate surface area is 164 Å². The summed E-state index contributed by atoms with van der Waals surface area (Å²) < 4.78 is 21.6. The number of hydrogen-bond acceptors (Lipinski definition) is 6. The zero-order chi connectivity index (χ0) is 19.8. The highest BCUT2D eigenvalue weighted by Gasteiger charge is 2.36. The molecule has 1 aromatic heterocycles. The highest BCUT2D eigenvalue weighted by atomic mass is 16.6. The highest BCUT2D eigenvalue weighted by molar-refractivity contribution is 5.94. The number of ether oxygens (including phenoxy) is 3. The summed E-state index contributed by atoms with van der Waals surface area (Å²) in [5, 5.41) is 0. The van der Waals surface area contributed by atoms with E-state index >= 15 is 0 Å². The number of likely N-dealkylation sites (tertiary alicyclic amines) is 1. The summed E-state index contributed by atoms with van der Waals surface area (Å²) in [6, 6.07) is 9.97. The first-order chi connectivity index (χ1) is 13.7. The van der Waals surface area contributed by atoms with Crippen molar-refractivity contribution in [1.82, 2.24) is 4.90 Å². The van der Waals surface area contributed by atoms with E-state index in [1.165, 1.54) is 11.2 Å². The number of nitrogens with zero attached hydrogens (tertiary/aromatic N) is 1. The van der Waals surface area contributed by atoms with Gasteiger partial charge in [-0.15, -0.1) is 0 Å². The molecule has 1 unspecified atom stereocenters. The average Bonchev–Trinajstić information content (AvgIpc) is 3.42. The molecular weight excluding hydrogens is 362 g/mol. The van der Waals surface area contributed by atoms with Gasteiger partial charge in [0.05, 0.1) is 12.9 Å². The molecule has 1 fully saturated rings. The quantitative estimate of drug-likeness (QED) is 0.485. The predicted molar refractivity (Wildman–Crippen MR) is 101 cm³/mol. The molecule has 0 bridgehead atoms. The van der Waals surface area contributed by atoms with Crippen molar-refractivity contribution < 1.29 is 28.2 Å². The summed E-state index contributed by atoms with van der Waals surface area (Å²) in [5.74, 6) is 1.00. The molecule has 2 heterocycles. The van der Waals surface area contributed by atoms with Crippen LogP contribution >= 0.6 is 0 Å². The average molecular weight is 387 g/mol. The Balaban J connectivity index is 1.42. The van der Waals surface area contributed by atoms with Crippen molar-refractivity contribution in [2.24, 2.45) is 0 Å². The van der Waals surface area contributed by atoms with Crippen molar-refractivity contribution in [3.63, 3.8) is 0 Å². The number of amides is 1. The monoisotopic (exact) mass is 387 g/mol. The SMILES string of the molecule is CCCOc1ccc(OCCOC(=O)C2CCCN2C(=O)c2ccco2)cc1. The molecule has 150 valence electrons. The normalized spacial score (nSPS) is 16.0. The van der Waals surface area contributed by atoms with Crippen LogP contribution in [0.5, 0.6) is 11.5 Å². The van der Waals surface area contributed by atoms with E-state index in [1.807, 2.05) is 24.3 Å². The number of furan rings is 1. The number of esters is 1. The molecule has 2 aromatic rings. The third kappa shape index (κ3) is 5.06. The molecule has 7 nitrogen and oxygen atoms in total. The molecule has 1 aromatic carbocycles. The molecule has 0 aliphatic carbocycles. The molecule has 0 spiro atoms. The summed E-state index contributed by atoms with van der Waals surface area (Å²) >= 11 is 0. The lowest BCUT2D eigenvalue weighted by atomic mass is 10.2. The van der Waals surface area contributed by atoms with Crippen molar-refractivity contribution in [2.45, 2.75) is 32.2 Å². The standard InChI is InChI=1S/C21H25NO6/c1-2-12-25-16-7-9-17(10-8-16)26-14-15-28-21(24)18-5-3-11-22(18)20(23)19-6-4-13-27-19/h4,6-10,13,18H,2-3,5,11-12,14-15H2,1H3. The molecule has 0 radical (unpaired) electrons. The lowest BCUT2D eigenvalue weighted by molar-refractivity contribution is -0.148. The Morgan fingerprint density at radius 2 is 1.79 bits per heavy atom. The minimum absolute atomic E-state index is 0.117. The maximum absolute atomic E-state index is 12.4. The topological polar surface area (TPSA) is 78.2 Å². The maximum Gasteiger partial charge on any atom is 0.328 e.